The second-order valence-corrected chi connectivity index (χ2v) is 5.51. The highest BCUT2D eigenvalue weighted by Crippen LogP contribution is 2.25. The van der Waals surface area contributed by atoms with E-state index in [4.69, 9.17) is 0 Å². The number of nitrogens with zero attached hydrogens (tertiary/aromatic N) is 2. The summed E-state index contributed by atoms with van der Waals surface area (Å²) >= 11 is 3.54. The van der Waals surface area contributed by atoms with Crippen LogP contribution in [0, 0.1) is 0 Å². The lowest BCUT2D eigenvalue weighted by Gasteiger charge is -2.19. The van der Waals surface area contributed by atoms with Gasteiger partial charge in [0, 0.05) is 29.1 Å². The first-order valence-corrected chi connectivity index (χ1v) is 6.76. The molecular weight excluding hydrogens is 292 g/mol. The predicted molar refractivity (Wildman–Crippen MR) is 77.5 cm³/mol. The summed E-state index contributed by atoms with van der Waals surface area (Å²) in [5.74, 6) is 0. The first-order valence-electron chi connectivity index (χ1n) is 5.96. The molecule has 1 heterocycles. The van der Waals surface area contributed by atoms with Crippen LogP contribution in [0.25, 0.3) is 10.9 Å². The largest absolute Gasteiger partial charge is 0.392 e. The van der Waals surface area contributed by atoms with Gasteiger partial charge >= 0.3 is 0 Å². The van der Waals surface area contributed by atoms with Gasteiger partial charge in [-0.2, -0.15) is 0 Å². The third-order valence-corrected chi connectivity index (χ3v) is 3.51. The second-order valence-electron chi connectivity index (χ2n) is 4.65. The topological polar surface area (TPSA) is 36.4 Å². The van der Waals surface area contributed by atoms with E-state index in [9.17, 15) is 5.11 Å². The van der Waals surface area contributed by atoms with Crippen molar-refractivity contribution < 1.29 is 5.11 Å². The number of aliphatic hydroxyl groups is 1. The van der Waals surface area contributed by atoms with Crippen molar-refractivity contribution in [1.29, 1.82) is 0 Å². The number of fused-ring (bicyclic) bond motifs is 1. The van der Waals surface area contributed by atoms with Crippen LogP contribution in [0.3, 0.4) is 0 Å². The summed E-state index contributed by atoms with van der Waals surface area (Å²) in [6.45, 7) is 3.24. The molecule has 3 nitrogen and oxygen atoms in total. The summed E-state index contributed by atoms with van der Waals surface area (Å²) in [5, 5.41) is 10.5. The molecule has 0 bridgehead atoms. The maximum absolute atomic E-state index is 9.39. The first kappa shape index (κ1) is 13.5. The van der Waals surface area contributed by atoms with Crippen LogP contribution in [0.5, 0.6) is 0 Å². The highest BCUT2D eigenvalue weighted by atomic mass is 79.9. The number of hydrogen-bond acceptors (Lipinski definition) is 3. The van der Waals surface area contributed by atoms with Crippen LogP contribution in [0.1, 0.15) is 12.5 Å². The number of halogens is 1. The molecule has 1 aromatic carbocycles. The molecule has 18 heavy (non-hydrogen) atoms. The van der Waals surface area contributed by atoms with Gasteiger partial charge < -0.3 is 5.11 Å². The fourth-order valence-corrected chi connectivity index (χ4v) is 2.58. The fourth-order valence-electron chi connectivity index (χ4n) is 2.13. The standard InChI is InChI=1S/C14H17BrN2O/c1-10(18)8-17(2)9-11-5-6-13(15)12-4-3-7-16-14(11)12/h3-7,10,18H,8-9H2,1-2H3/t10-/m0/s1. The lowest BCUT2D eigenvalue weighted by Crippen LogP contribution is -2.26. The van der Waals surface area contributed by atoms with Crippen molar-refractivity contribution in [2.24, 2.45) is 0 Å². The van der Waals surface area contributed by atoms with Crippen LogP contribution in [0.15, 0.2) is 34.9 Å². The van der Waals surface area contributed by atoms with Crippen LogP contribution in [0.4, 0.5) is 0 Å². The SMILES string of the molecule is C[C@H](O)CN(C)Cc1ccc(Br)c2cccnc12. The Labute approximate surface area is 116 Å². The van der Waals surface area contributed by atoms with Crippen LogP contribution < -0.4 is 0 Å². The first-order chi connectivity index (χ1) is 8.58. The van der Waals surface area contributed by atoms with Crippen LogP contribution in [-0.4, -0.2) is 34.7 Å². The van der Waals surface area contributed by atoms with Gasteiger partial charge in [0.25, 0.3) is 0 Å². The van der Waals surface area contributed by atoms with E-state index in [1.165, 1.54) is 5.56 Å². The molecule has 4 heteroatoms. The Bertz CT molecular complexity index is 542. The lowest BCUT2D eigenvalue weighted by atomic mass is 10.1. The van der Waals surface area contributed by atoms with Gasteiger partial charge in [-0.1, -0.05) is 28.1 Å². The van der Waals surface area contributed by atoms with Gasteiger partial charge in [0.1, 0.15) is 0 Å². The number of hydrogen-bond donors (Lipinski definition) is 1. The molecule has 0 radical (unpaired) electrons. The monoisotopic (exact) mass is 308 g/mol. The Morgan fingerprint density at radius 3 is 2.89 bits per heavy atom. The summed E-state index contributed by atoms with van der Waals surface area (Å²) in [7, 11) is 2.00. The molecule has 0 saturated heterocycles. The van der Waals surface area contributed by atoms with E-state index in [1.54, 1.807) is 6.92 Å². The van der Waals surface area contributed by atoms with Gasteiger partial charge in [0.2, 0.25) is 0 Å². The number of likely N-dealkylation sites (N-methyl/N-ethyl adjacent to an activating group) is 1. The Balaban J connectivity index is 2.31. The molecule has 0 amide bonds. The molecule has 1 N–H and O–H groups in total. The lowest BCUT2D eigenvalue weighted by molar-refractivity contribution is 0.138. The molecule has 1 aromatic heterocycles. The molecule has 0 saturated carbocycles. The minimum Gasteiger partial charge on any atom is -0.392 e. The van der Waals surface area contributed by atoms with Gasteiger partial charge in [-0.3, -0.25) is 9.88 Å². The number of aromatic nitrogens is 1. The Morgan fingerprint density at radius 1 is 1.39 bits per heavy atom. The summed E-state index contributed by atoms with van der Waals surface area (Å²) < 4.78 is 1.06. The molecule has 2 aromatic rings. The molecule has 0 fully saturated rings. The van der Waals surface area contributed by atoms with Gasteiger partial charge in [0.15, 0.2) is 0 Å². The van der Waals surface area contributed by atoms with Crippen molar-refractivity contribution in [2.75, 3.05) is 13.6 Å². The molecule has 96 valence electrons. The van der Waals surface area contributed by atoms with Crippen LogP contribution >= 0.6 is 15.9 Å². The van der Waals surface area contributed by atoms with Crippen molar-refractivity contribution in [3.63, 3.8) is 0 Å². The van der Waals surface area contributed by atoms with Crippen molar-refractivity contribution in [1.82, 2.24) is 9.88 Å². The van der Waals surface area contributed by atoms with Crippen LogP contribution in [0.2, 0.25) is 0 Å². The van der Waals surface area contributed by atoms with Crippen molar-refractivity contribution >= 4 is 26.8 Å². The zero-order valence-electron chi connectivity index (χ0n) is 10.6. The highest BCUT2D eigenvalue weighted by Gasteiger charge is 2.09. The quantitative estimate of drug-likeness (QED) is 0.943. The van der Waals surface area contributed by atoms with E-state index in [1.807, 2.05) is 19.3 Å². The fraction of sp³-hybridized carbons (Fsp3) is 0.357. The smallest absolute Gasteiger partial charge is 0.0758 e. The highest BCUT2D eigenvalue weighted by molar-refractivity contribution is 9.10. The van der Waals surface area contributed by atoms with Crippen LogP contribution in [-0.2, 0) is 6.54 Å². The number of rotatable bonds is 4. The molecule has 0 unspecified atom stereocenters. The Kier molecular flexibility index (Phi) is 4.32. The van der Waals surface area contributed by atoms with E-state index in [-0.39, 0.29) is 6.10 Å². The van der Waals surface area contributed by atoms with E-state index in [0.29, 0.717) is 6.54 Å². The molecule has 2 rings (SSSR count). The summed E-state index contributed by atoms with van der Waals surface area (Å²) in [4.78, 5) is 6.55. The van der Waals surface area contributed by atoms with E-state index < -0.39 is 0 Å². The predicted octanol–water partition coefficient (Wildman–Crippen LogP) is 2.81. The van der Waals surface area contributed by atoms with E-state index in [0.717, 1.165) is 21.9 Å². The second kappa shape index (κ2) is 5.78. The van der Waals surface area contributed by atoms with Gasteiger partial charge in [0.05, 0.1) is 11.6 Å². The van der Waals surface area contributed by atoms with Gasteiger partial charge in [-0.15, -0.1) is 0 Å². The van der Waals surface area contributed by atoms with Crippen molar-refractivity contribution in [2.45, 2.75) is 19.6 Å². The molecule has 0 aliphatic rings. The zero-order valence-corrected chi connectivity index (χ0v) is 12.2. The number of pyridine rings is 1. The zero-order chi connectivity index (χ0) is 13.1. The molecular formula is C14H17BrN2O. The normalized spacial score (nSPS) is 13.2. The Hall–Kier alpha value is -0.970. The van der Waals surface area contributed by atoms with E-state index >= 15 is 0 Å². The minimum absolute atomic E-state index is 0.315. The molecule has 0 aliphatic heterocycles. The number of benzene rings is 1. The maximum atomic E-state index is 9.39. The summed E-state index contributed by atoms with van der Waals surface area (Å²) in [5.41, 5.74) is 2.20. The number of aliphatic hydroxyl groups excluding tert-OH is 1. The molecule has 0 spiro atoms. The van der Waals surface area contributed by atoms with E-state index in [2.05, 4.69) is 44.0 Å². The summed E-state index contributed by atoms with van der Waals surface area (Å²) in [6.07, 6.45) is 1.50. The minimum atomic E-state index is -0.315. The maximum Gasteiger partial charge on any atom is 0.0758 e. The third-order valence-electron chi connectivity index (χ3n) is 2.82. The average Bonchev–Trinajstić information content (AvgIpc) is 2.32. The van der Waals surface area contributed by atoms with Crippen molar-refractivity contribution in [3.05, 3.63) is 40.5 Å². The molecule has 0 aliphatic carbocycles. The van der Waals surface area contributed by atoms with Gasteiger partial charge in [-0.25, -0.2) is 0 Å². The Morgan fingerprint density at radius 2 is 2.17 bits per heavy atom. The van der Waals surface area contributed by atoms with Crippen molar-refractivity contribution in [3.8, 4) is 0 Å². The summed E-state index contributed by atoms with van der Waals surface area (Å²) in [6, 6.07) is 8.13. The third kappa shape index (κ3) is 3.07. The molecule has 1 atom stereocenters. The average molecular weight is 309 g/mol. The van der Waals surface area contributed by atoms with Gasteiger partial charge in [-0.05, 0) is 31.7 Å².